The molecule has 2 aliphatic carbocycles. The van der Waals surface area contributed by atoms with E-state index in [1.807, 2.05) is 7.11 Å². The highest BCUT2D eigenvalue weighted by molar-refractivity contribution is 4.95. The van der Waals surface area contributed by atoms with Crippen LogP contribution in [0.1, 0.15) is 51.9 Å². The van der Waals surface area contributed by atoms with Gasteiger partial charge in [-0.05, 0) is 39.0 Å². The molecular formula is C12H23NO. The molecule has 0 aromatic carbocycles. The van der Waals surface area contributed by atoms with Gasteiger partial charge in [0.25, 0.3) is 0 Å². The van der Waals surface area contributed by atoms with E-state index in [1.165, 1.54) is 44.9 Å². The Morgan fingerprint density at radius 1 is 1.14 bits per heavy atom. The summed E-state index contributed by atoms with van der Waals surface area (Å²) < 4.78 is 5.52. The summed E-state index contributed by atoms with van der Waals surface area (Å²) in [4.78, 5) is 0. The van der Waals surface area contributed by atoms with Crippen molar-refractivity contribution in [1.82, 2.24) is 5.32 Å². The lowest BCUT2D eigenvalue weighted by molar-refractivity contribution is 0.0741. The van der Waals surface area contributed by atoms with Crippen molar-refractivity contribution in [2.75, 3.05) is 7.11 Å². The zero-order valence-corrected chi connectivity index (χ0v) is 9.51. The summed E-state index contributed by atoms with van der Waals surface area (Å²) in [7, 11) is 1.85. The van der Waals surface area contributed by atoms with Gasteiger partial charge in [-0.15, -0.1) is 0 Å². The molecule has 14 heavy (non-hydrogen) atoms. The van der Waals surface area contributed by atoms with Crippen molar-refractivity contribution >= 4 is 0 Å². The summed E-state index contributed by atoms with van der Waals surface area (Å²) in [5.41, 5.74) is 0.409. The third-order valence-electron chi connectivity index (χ3n) is 4.00. The first kappa shape index (κ1) is 10.4. The average molecular weight is 197 g/mol. The van der Waals surface area contributed by atoms with Crippen LogP contribution in [0.15, 0.2) is 0 Å². The van der Waals surface area contributed by atoms with Gasteiger partial charge in [0.2, 0.25) is 0 Å². The number of hydrogen-bond acceptors (Lipinski definition) is 2. The smallest absolute Gasteiger partial charge is 0.0724 e. The highest BCUT2D eigenvalue weighted by atomic mass is 16.5. The van der Waals surface area contributed by atoms with Crippen molar-refractivity contribution in [3.05, 3.63) is 0 Å². The zero-order chi connectivity index (χ0) is 10.0. The van der Waals surface area contributed by atoms with Crippen LogP contribution < -0.4 is 5.32 Å². The SMILES string of the molecule is COC1CCCC1NC1(C)CCCC1. The molecule has 0 spiro atoms. The molecule has 2 unspecified atom stereocenters. The minimum Gasteiger partial charge on any atom is -0.380 e. The fraction of sp³-hybridized carbons (Fsp3) is 1.00. The molecule has 2 rings (SSSR count). The molecule has 1 N–H and O–H groups in total. The predicted octanol–water partition coefficient (Wildman–Crippen LogP) is 2.48. The van der Waals surface area contributed by atoms with E-state index in [0.29, 0.717) is 17.7 Å². The quantitative estimate of drug-likeness (QED) is 0.750. The molecule has 0 heterocycles. The van der Waals surface area contributed by atoms with Crippen molar-refractivity contribution < 1.29 is 4.74 Å². The van der Waals surface area contributed by atoms with Gasteiger partial charge in [-0.3, -0.25) is 0 Å². The molecule has 0 aliphatic heterocycles. The van der Waals surface area contributed by atoms with E-state index < -0.39 is 0 Å². The molecule has 0 saturated heterocycles. The summed E-state index contributed by atoms with van der Waals surface area (Å²) in [5.74, 6) is 0. The normalized spacial score (nSPS) is 36.4. The maximum atomic E-state index is 5.52. The maximum absolute atomic E-state index is 5.52. The largest absolute Gasteiger partial charge is 0.380 e. The Hall–Kier alpha value is -0.0800. The van der Waals surface area contributed by atoms with Crippen molar-refractivity contribution in [3.8, 4) is 0 Å². The van der Waals surface area contributed by atoms with Gasteiger partial charge >= 0.3 is 0 Å². The highest BCUT2D eigenvalue weighted by Gasteiger charge is 2.35. The van der Waals surface area contributed by atoms with Gasteiger partial charge < -0.3 is 10.1 Å². The fourth-order valence-corrected chi connectivity index (χ4v) is 3.12. The molecule has 2 fully saturated rings. The Labute approximate surface area is 87.4 Å². The van der Waals surface area contributed by atoms with Crippen LogP contribution in [0.2, 0.25) is 0 Å². The van der Waals surface area contributed by atoms with Gasteiger partial charge in [-0.2, -0.15) is 0 Å². The van der Waals surface area contributed by atoms with Crippen molar-refractivity contribution in [1.29, 1.82) is 0 Å². The summed E-state index contributed by atoms with van der Waals surface area (Å²) in [5, 5.41) is 3.83. The van der Waals surface area contributed by atoms with Crippen molar-refractivity contribution in [3.63, 3.8) is 0 Å². The van der Waals surface area contributed by atoms with Crippen LogP contribution in [-0.2, 0) is 4.74 Å². The first-order valence-electron chi connectivity index (χ1n) is 6.04. The van der Waals surface area contributed by atoms with Crippen molar-refractivity contribution in [2.24, 2.45) is 0 Å². The van der Waals surface area contributed by atoms with E-state index in [0.717, 1.165) is 0 Å². The fourth-order valence-electron chi connectivity index (χ4n) is 3.12. The van der Waals surface area contributed by atoms with E-state index in [4.69, 9.17) is 4.74 Å². The number of ether oxygens (including phenoxy) is 1. The predicted molar refractivity (Wildman–Crippen MR) is 58.4 cm³/mol. The topological polar surface area (TPSA) is 21.3 Å². The molecule has 0 amide bonds. The second kappa shape index (κ2) is 4.19. The van der Waals surface area contributed by atoms with Gasteiger partial charge in [0.15, 0.2) is 0 Å². The first-order valence-corrected chi connectivity index (χ1v) is 6.04. The van der Waals surface area contributed by atoms with Gasteiger partial charge in [-0.1, -0.05) is 12.8 Å². The van der Waals surface area contributed by atoms with Crippen molar-refractivity contribution in [2.45, 2.75) is 69.6 Å². The van der Waals surface area contributed by atoms with Gasteiger partial charge in [0.05, 0.1) is 6.10 Å². The third-order valence-corrected chi connectivity index (χ3v) is 4.00. The van der Waals surface area contributed by atoms with E-state index in [9.17, 15) is 0 Å². The lowest BCUT2D eigenvalue weighted by Crippen LogP contribution is -2.49. The summed E-state index contributed by atoms with van der Waals surface area (Å²) in [6, 6.07) is 0.614. The van der Waals surface area contributed by atoms with Gasteiger partial charge in [-0.25, -0.2) is 0 Å². The Morgan fingerprint density at radius 3 is 2.50 bits per heavy atom. The first-order chi connectivity index (χ1) is 6.73. The summed E-state index contributed by atoms with van der Waals surface area (Å²) in [6.45, 7) is 2.38. The Bertz CT molecular complexity index is 187. The van der Waals surface area contributed by atoms with Crippen LogP contribution in [-0.4, -0.2) is 24.8 Å². The molecule has 82 valence electrons. The zero-order valence-electron chi connectivity index (χ0n) is 9.51. The molecule has 0 radical (unpaired) electrons. The van der Waals surface area contributed by atoms with Crippen LogP contribution >= 0.6 is 0 Å². The maximum Gasteiger partial charge on any atom is 0.0724 e. The standard InChI is InChI=1S/C12H23NO/c1-12(8-3-4-9-12)13-10-6-5-7-11(10)14-2/h10-11,13H,3-9H2,1-2H3. The Morgan fingerprint density at radius 2 is 1.86 bits per heavy atom. The minimum atomic E-state index is 0.409. The van der Waals surface area contributed by atoms with E-state index in [2.05, 4.69) is 12.2 Å². The second-order valence-electron chi connectivity index (χ2n) is 5.22. The van der Waals surface area contributed by atoms with Crippen LogP contribution in [0.3, 0.4) is 0 Å². The molecule has 2 atom stereocenters. The van der Waals surface area contributed by atoms with E-state index in [1.54, 1.807) is 0 Å². The third kappa shape index (κ3) is 2.12. The number of hydrogen-bond donors (Lipinski definition) is 1. The Kier molecular flexibility index (Phi) is 3.13. The molecule has 0 aromatic heterocycles. The molecule has 2 heteroatoms. The number of methoxy groups -OCH3 is 1. The van der Waals surface area contributed by atoms with Gasteiger partial charge in [0.1, 0.15) is 0 Å². The molecule has 2 saturated carbocycles. The van der Waals surface area contributed by atoms with Gasteiger partial charge in [0, 0.05) is 18.7 Å². The van der Waals surface area contributed by atoms with E-state index in [-0.39, 0.29) is 0 Å². The molecule has 2 nitrogen and oxygen atoms in total. The second-order valence-corrected chi connectivity index (χ2v) is 5.22. The lowest BCUT2D eigenvalue weighted by atomic mass is 9.98. The van der Waals surface area contributed by atoms with Crippen LogP contribution in [0.5, 0.6) is 0 Å². The number of nitrogens with one attached hydrogen (secondary N) is 1. The monoisotopic (exact) mass is 197 g/mol. The molecule has 0 bridgehead atoms. The van der Waals surface area contributed by atoms with Crippen LogP contribution in [0.4, 0.5) is 0 Å². The summed E-state index contributed by atoms with van der Waals surface area (Å²) in [6.07, 6.45) is 9.82. The number of rotatable bonds is 3. The van der Waals surface area contributed by atoms with Crippen LogP contribution in [0, 0.1) is 0 Å². The minimum absolute atomic E-state index is 0.409. The van der Waals surface area contributed by atoms with E-state index >= 15 is 0 Å². The molecule has 0 aromatic rings. The molecular weight excluding hydrogens is 174 g/mol. The highest BCUT2D eigenvalue weighted by Crippen LogP contribution is 2.32. The van der Waals surface area contributed by atoms with Crippen LogP contribution in [0.25, 0.3) is 0 Å². The Balaban J connectivity index is 1.89. The lowest BCUT2D eigenvalue weighted by Gasteiger charge is -2.32. The molecule has 2 aliphatic rings. The average Bonchev–Trinajstić information content (AvgIpc) is 2.75. The summed E-state index contributed by atoms with van der Waals surface area (Å²) >= 11 is 0.